The van der Waals surface area contributed by atoms with Gasteiger partial charge in [0.1, 0.15) is 17.8 Å². The van der Waals surface area contributed by atoms with Crippen LogP contribution in [0.1, 0.15) is 75.7 Å². The van der Waals surface area contributed by atoms with Gasteiger partial charge in [-0.3, -0.25) is 14.7 Å². The number of hydrogen-bond acceptors (Lipinski definition) is 9. The largest absolute Gasteiger partial charge is 0.449 e. The van der Waals surface area contributed by atoms with E-state index in [2.05, 4.69) is 42.4 Å². The summed E-state index contributed by atoms with van der Waals surface area (Å²) in [5.74, 6) is 0.688. The van der Waals surface area contributed by atoms with Gasteiger partial charge in [0.25, 0.3) is 5.56 Å². The molecule has 2 N–H and O–H groups in total. The lowest BCUT2D eigenvalue weighted by Gasteiger charge is -2.38. The number of nitrogens with one attached hydrogen (secondary N) is 1. The molecule has 51 heavy (non-hydrogen) atoms. The number of aromatic nitrogens is 5. The topological polar surface area (TPSA) is 151 Å². The number of nitriles is 1. The van der Waals surface area contributed by atoms with E-state index in [0.29, 0.717) is 62.3 Å². The van der Waals surface area contributed by atoms with Crippen molar-refractivity contribution in [1.29, 1.82) is 5.26 Å². The average Bonchev–Trinajstić information content (AvgIpc) is 3.85. The Morgan fingerprint density at radius 2 is 2.04 bits per heavy atom. The van der Waals surface area contributed by atoms with Crippen LogP contribution in [0.15, 0.2) is 59.8 Å². The first-order valence-electron chi connectivity index (χ1n) is 17.3. The van der Waals surface area contributed by atoms with Crippen LogP contribution in [-0.2, 0) is 17.3 Å². The van der Waals surface area contributed by atoms with E-state index in [4.69, 9.17) is 21.4 Å². The first-order valence-corrected chi connectivity index (χ1v) is 17.6. The van der Waals surface area contributed by atoms with Crippen molar-refractivity contribution < 1.29 is 14.6 Å². The maximum Gasteiger partial charge on any atom is 0.415 e. The Bertz CT molecular complexity index is 2240. The van der Waals surface area contributed by atoms with Gasteiger partial charge in [-0.15, -0.1) is 5.10 Å². The van der Waals surface area contributed by atoms with Gasteiger partial charge in [0, 0.05) is 49.8 Å². The number of halogens is 1. The number of aliphatic hydroxyl groups excluding tert-OH is 1. The highest BCUT2D eigenvalue weighted by Gasteiger charge is 2.52. The summed E-state index contributed by atoms with van der Waals surface area (Å²) in [4.78, 5) is 33.9. The van der Waals surface area contributed by atoms with Crippen LogP contribution in [0.4, 0.5) is 16.2 Å². The number of carbonyl (C=O) groups is 1. The molecule has 1 atom stereocenters. The van der Waals surface area contributed by atoms with Crippen LogP contribution in [0, 0.1) is 22.7 Å². The number of pyridine rings is 2. The van der Waals surface area contributed by atoms with E-state index in [1.165, 1.54) is 15.7 Å². The molecule has 1 amide bonds. The summed E-state index contributed by atoms with van der Waals surface area (Å²) in [6, 6.07) is 12.0. The molecule has 3 saturated carbocycles. The molecule has 2 bridgehead atoms. The van der Waals surface area contributed by atoms with Crippen molar-refractivity contribution in [3.63, 3.8) is 0 Å². The summed E-state index contributed by atoms with van der Waals surface area (Å²) >= 11 is 6.98. The first-order chi connectivity index (χ1) is 24.4. The van der Waals surface area contributed by atoms with E-state index < -0.39 is 12.1 Å². The fraction of sp³-hybridized carbons (Fsp3) is 0.421. The smallest absolute Gasteiger partial charge is 0.415 e. The lowest BCUT2D eigenvalue weighted by atomic mass is 9.77. The molecule has 0 saturated heterocycles. The van der Waals surface area contributed by atoms with Gasteiger partial charge in [0.05, 0.1) is 45.8 Å². The van der Waals surface area contributed by atoms with Crippen molar-refractivity contribution in [2.24, 2.45) is 18.4 Å². The van der Waals surface area contributed by atoms with E-state index in [9.17, 15) is 20.0 Å². The number of amides is 1. The highest BCUT2D eigenvalue weighted by molar-refractivity contribution is 6.36. The molecule has 3 aromatic heterocycles. The molecule has 3 heterocycles. The second-order valence-corrected chi connectivity index (χ2v) is 15.4. The summed E-state index contributed by atoms with van der Waals surface area (Å²) in [6.07, 6.45) is 8.87. The van der Waals surface area contributed by atoms with Gasteiger partial charge >= 0.3 is 6.09 Å². The Labute approximate surface area is 300 Å². The Morgan fingerprint density at radius 1 is 1.24 bits per heavy atom. The number of ether oxygens (including phenoxy) is 1. The van der Waals surface area contributed by atoms with Gasteiger partial charge in [-0.05, 0) is 72.2 Å². The molecule has 3 aliphatic carbocycles. The van der Waals surface area contributed by atoms with Crippen molar-refractivity contribution >= 4 is 50.7 Å². The number of aryl methyl sites for hydroxylation is 1. The molecule has 8 rings (SSSR count). The van der Waals surface area contributed by atoms with Crippen LogP contribution >= 0.6 is 11.6 Å². The maximum absolute atomic E-state index is 14.5. The number of aliphatic hydroxyl groups is 1. The van der Waals surface area contributed by atoms with Crippen LogP contribution in [0.3, 0.4) is 0 Å². The van der Waals surface area contributed by atoms with E-state index >= 15 is 0 Å². The van der Waals surface area contributed by atoms with Crippen LogP contribution < -0.4 is 15.8 Å². The van der Waals surface area contributed by atoms with Crippen LogP contribution in [0.5, 0.6) is 0 Å². The van der Waals surface area contributed by atoms with Crippen LogP contribution in [0.25, 0.3) is 21.7 Å². The van der Waals surface area contributed by atoms with Crippen LogP contribution in [-0.4, -0.2) is 55.5 Å². The summed E-state index contributed by atoms with van der Waals surface area (Å²) in [6.45, 7) is 6.61. The third-order valence-electron chi connectivity index (χ3n) is 10.2. The van der Waals surface area contributed by atoms with Gasteiger partial charge in [0.15, 0.2) is 0 Å². The third kappa shape index (κ3) is 6.29. The number of fused-ring (bicyclic) bond motifs is 3. The molecule has 12 nitrogen and oxygen atoms in total. The predicted molar refractivity (Wildman–Crippen MR) is 196 cm³/mol. The second kappa shape index (κ2) is 13.3. The average molecular weight is 709 g/mol. The van der Waals surface area contributed by atoms with E-state index in [1.807, 2.05) is 23.0 Å². The molecule has 5 aromatic rings. The Balaban J connectivity index is 1.47. The van der Waals surface area contributed by atoms with E-state index in [0.717, 1.165) is 25.7 Å². The molecule has 264 valence electrons. The molecule has 2 aromatic carbocycles. The van der Waals surface area contributed by atoms with Gasteiger partial charge in [-0.1, -0.05) is 49.7 Å². The molecule has 3 aliphatic rings. The van der Waals surface area contributed by atoms with E-state index in [1.54, 1.807) is 37.5 Å². The fourth-order valence-electron chi connectivity index (χ4n) is 7.57. The molecule has 0 aliphatic heterocycles. The van der Waals surface area contributed by atoms with Gasteiger partial charge < -0.3 is 19.7 Å². The number of rotatable bonds is 10. The third-order valence-corrected chi connectivity index (χ3v) is 10.5. The number of hydrogen-bond donors (Lipinski definition) is 2. The molecule has 0 spiro atoms. The van der Waals surface area contributed by atoms with Crippen LogP contribution in [0.2, 0.25) is 5.02 Å². The lowest BCUT2D eigenvalue weighted by molar-refractivity contribution is 0.132. The van der Waals surface area contributed by atoms with Crippen molar-refractivity contribution in [1.82, 2.24) is 24.5 Å². The van der Waals surface area contributed by atoms with Crippen molar-refractivity contribution in [3.8, 4) is 6.07 Å². The summed E-state index contributed by atoms with van der Waals surface area (Å²) < 4.78 is 9.27. The quantitative estimate of drug-likeness (QED) is 0.152. The van der Waals surface area contributed by atoms with Gasteiger partial charge in [-0.2, -0.15) is 5.26 Å². The summed E-state index contributed by atoms with van der Waals surface area (Å²) in [5, 5.41) is 34.3. The van der Waals surface area contributed by atoms with Gasteiger partial charge in [0.2, 0.25) is 0 Å². The molecular weight excluding hydrogens is 668 g/mol. The lowest BCUT2D eigenvalue weighted by Crippen LogP contribution is -2.39. The number of nitrogens with zero attached hydrogens (tertiary/aromatic N) is 7. The standard InChI is InChI=1S/C38H41ClN8O4/c1-37(2,3)22-42-32-24(19-40)20-41-33-29(32)15-25(16-30(33)39)47(36(50)51-14-6-13-48)34(27-7-5-8-28-26(27)10-12-45(4)35(28)49)31-21-46(44-43-31)38-11-9-23(17-38)18-38/h5,7-8,10,12,15-16,20-21,23,34,48H,6,9,11,13-14,17-18,22H2,1-4H3,(H,41,42)/t23?,34-,38?/m0/s1. The fourth-order valence-corrected chi connectivity index (χ4v) is 7.83. The second-order valence-electron chi connectivity index (χ2n) is 15.0. The molecule has 13 heteroatoms. The highest BCUT2D eigenvalue weighted by atomic mass is 35.5. The van der Waals surface area contributed by atoms with Crippen molar-refractivity contribution in [2.45, 2.75) is 64.5 Å². The highest BCUT2D eigenvalue weighted by Crippen LogP contribution is 2.56. The first kappa shape index (κ1) is 34.5. The minimum absolute atomic E-state index is 0.0361. The molecule has 0 unspecified atom stereocenters. The zero-order valence-corrected chi connectivity index (χ0v) is 29.9. The number of carbonyl (C=O) groups excluding carboxylic acids is 1. The minimum atomic E-state index is -0.920. The Hall–Kier alpha value is -4.99. The zero-order valence-electron chi connectivity index (χ0n) is 29.2. The maximum atomic E-state index is 14.5. The number of benzene rings is 2. The SMILES string of the molecule is Cn1ccc2c([C@@H](c3cn(C45CCC(C4)C5)nn3)N(C(=O)OCCCO)c3cc(Cl)c4ncc(C#N)c(NCC(C)(C)C)c4c3)cccc2c1=O. The van der Waals surface area contributed by atoms with E-state index in [-0.39, 0.29) is 41.2 Å². The summed E-state index contributed by atoms with van der Waals surface area (Å²) in [5.41, 5.74) is 2.42. The minimum Gasteiger partial charge on any atom is -0.449 e. The molecule has 0 radical (unpaired) electrons. The Kier molecular flexibility index (Phi) is 8.98. The normalized spacial score (nSPS) is 18.7. The van der Waals surface area contributed by atoms with Gasteiger partial charge in [-0.25, -0.2) is 9.48 Å². The Morgan fingerprint density at radius 3 is 2.75 bits per heavy atom. The number of anilines is 2. The van der Waals surface area contributed by atoms with Crippen molar-refractivity contribution in [3.05, 3.63) is 87.2 Å². The van der Waals surface area contributed by atoms with Crippen molar-refractivity contribution in [2.75, 3.05) is 30.0 Å². The monoisotopic (exact) mass is 708 g/mol. The predicted octanol–water partition coefficient (Wildman–Crippen LogP) is 6.68. The molecular formula is C38H41ClN8O4. The summed E-state index contributed by atoms with van der Waals surface area (Å²) in [7, 11) is 1.70. The zero-order chi connectivity index (χ0) is 36.1. The molecule has 3 fully saturated rings.